The molecule has 1 aromatic carbocycles. The van der Waals surface area contributed by atoms with Crippen molar-refractivity contribution in [2.24, 2.45) is 0 Å². The van der Waals surface area contributed by atoms with Crippen LogP contribution in [0.25, 0.3) is 11.5 Å². The topological polar surface area (TPSA) is 51.0 Å². The Hall–Kier alpha value is -1.89. The van der Waals surface area contributed by atoms with E-state index in [9.17, 15) is 13.2 Å². The molecule has 0 atom stereocenters. The highest BCUT2D eigenvalue weighted by molar-refractivity contribution is 5.53. The third kappa shape index (κ3) is 2.14. The summed E-state index contributed by atoms with van der Waals surface area (Å²) in [5, 5.41) is 9.92. The minimum Gasteiger partial charge on any atom is -0.419 e. The Labute approximate surface area is 94.5 Å². The zero-order chi connectivity index (χ0) is 12.4. The number of rotatable bonds is 3. The van der Waals surface area contributed by atoms with Gasteiger partial charge in [-0.05, 0) is 19.2 Å². The van der Waals surface area contributed by atoms with Crippen LogP contribution in [0.4, 0.5) is 13.2 Å². The van der Waals surface area contributed by atoms with Crippen molar-refractivity contribution in [3.05, 3.63) is 35.5 Å². The molecule has 0 aliphatic carbocycles. The normalized spacial score (nSPS) is 10.8. The summed E-state index contributed by atoms with van der Waals surface area (Å²) in [4.78, 5) is 0. The zero-order valence-corrected chi connectivity index (χ0v) is 8.80. The Morgan fingerprint density at radius 1 is 1.18 bits per heavy atom. The molecule has 0 fully saturated rings. The van der Waals surface area contributed by atoms with Crippen molar-refractivity contribution < 1.29 is 17.6 Å². The maximum absolute atomic E-state index is 13.4. The van der Waals surface area contributed by atoms with Gasteiger partial charge in [-0.15, -0.1) is 10.2 Å². The first-order valence-electron chi connectivity index (χ1n) is 4.74. The lowest BCUT2D eigenvalue weighted by molar-refractivity contribution is 0.443. The molecule has 7 heteroatoms. The lowest BCUT2D eigenvalue weighted by atomic mass is 10.2. The number of aromatic nitrogens is 2. The summed E-state index contributed by atoms with van der Waals surface area (Å²) >= 11 is 0. The van der Waals surface area contributed by atoms with E-state index < -0.39 is 17.5 Å². The van der Waals surface area contributed by atoms with Crippen LogP contribution in [0.15, 0.2) is 16.5 Å². The molecule has 2 aromatic rings. The smallest absolute Gasteiger partial charge is 0.250 e. The van der Waals surface area contributed by atoms with Gasteiger partial charge in [0.05, 0.1) is 12.1 Å². The lowest BCUT2D eigenvalue weighted by Crippen LogP contribution is -2.04. The highest BCUT2D eigenvalue weighted by Gasteiger charge is 2.18. The van der Waals surface area contributed by atoms with Crippen LogP contribution < -0.4 is 5.32 Å². The highest BCUT2D eigenvalue weighted by Crippen LogP contribution is 2.24. The summed E-state index contributed by atoms with van der Waals surface area (Å²) in [6.45, 7) is 0.304. The van der Waals surface area contributed by atoms with Gasteiger partial charge in [-0.25, -0.2) is 13.2 Å². The quantitative estimate of drug-likeness (QED) is 0.836. The predicted octanol–water partition coefficient (Wildman–Crippen LogP) is 1.87. The number of hydrogen-bond acceptors (Lipinski definition) is 4. The average molecular weight is 243 g/mol. The van der Waals surface area contributed by atoms with Crippen molar-refractivity contribution in [3.8, 4) is 11.5 Å². The molecule has 0 bridgehead atoms. The van der Waals surface area contributed by atoms with Crippen LogP contribution in [0.3, 0.4) is 0 Å². The lowest BCUT2D eigenvalue weighted by Gasteiger charge is -1.99. The molecule has 0 aliphatic heterocycles. The maximum atomic E-state index is 13.4. The van der Waals surface area contributed by atoms with Crippen LogP contribution >= 0.6 is 0 Å². The summed E-state index contributed by atoms with van der Waals surface area (Å²) in [5.74, 6) is -4.12. The van der Waals surface area contributed by atoms with Crippen molar-refractivity contribution in [3.63, 3.8) is 0 Å². The molecule has 0 aliphatic rings. The van der Waals surface area contributed by atoms with Gasteiger partial charge in [0.15, 0.2) is 17.5 Å². The standard InChI is InChI=1S/C10H8F3N3O/c1-14-4-7-15-16-10(17-7)5-2-3-6(11)9(13)8(5)12/h2-3,14H,4H2,1H3. The van der Waals surface area contributed by atoms with Crippen LogP contribution in [-0.2, 0) is 6.54 Å². The monoisotopic (exact) mass is 243 g/mol. The van der Waals surface area contributed by atoms with E-state index in [0.717, 1.165) is 12.1 Å². The molecule has 4 nitrogen and oxygen atoms in total. The van der Waals surface area contributed by atoms with E-state index in [-0.39, 0.29) is 17.3 Å². The molecule has 0 unspecified atom stereocenters. The first-order chi connectivity index (χ1) is 8.13. The second kappa shape index (κ2) is 4.54. The molecule has 1 aromatic heterocycles. The van der Waals surface area contributed by atoms with Crippen LogP contribution in [0.5, 0.6) is 0 Å². The Balaban J connectivity index is 2.42. The van der Waals surface area contributed by atoms with Crippen molar-refractivity contribution in [1.82, 2.24) is 15.5 Å². The van der Waals surface area contributed by atoms with E-state index in [1.165, 1.54) is 0 Å². The number of benzene rings is 1. The molecule has 0 saturated carbocycles. The molecule has 17 heavy (non-hydrogen) atoms. The van der Waals surface area contributed by atoms with Gasteiger partial charge in [-0.1, -0.05) is 0 Å². The van der Waals surface area contributed by atoms with Crippen molar-refractivity contribution >= 4 is 0 Å². The van der Waals surface area contributed by atoms with Crippen molar-refractivity contribution in [2.75, 3.05) is 7.05 Å². The molecule has 90 valence electrons. The minimum absolute atomic E-state index is 0.188. The van der Waals surface area contributed by atoms with E-state index >= 15 is 0 Å². The summed E-state index contributed by atoms with van der Waals surface area (Å²) in [6, 6.07) is 1.85. The molecule has 0 amide bonds. The summed E-state index contributed by atoms with van der Waals surface area (Å²) in [5.41, 5.74) is -0.265. The fraction of sp³-hybridized carbons (Fsp3) is 0.200. The fourth-order valence-electron chi connectivity index (χ4n) is 1.28. The Morgan fingerprint density at radius 2 is 1.94 bits per heavy atom. The summed E-state index contributed by atoms with van der Waals surface area (Å²) in [6.07, 6.45) is 0. The van der Waals surface area contributed by atoms with Crippen LogP contribution in [0, 0.1) is 17.5 Å². The van der Waals surface area contributed by atoms with Crippen molar-refractivity contribution in [2.45, 2.75) is 6.54 Å². The first-order valence-corrected chi connectivity index (χ1v) is 4.74. The van der Waals surface area contributed by atoms with Crippen molar-refractivity contribution in [1.29, 1.82) is 0 Å². The number of hydrogen-bond donors (Lipinski definition) is 1. The van der Waals surface area contributed by atoms with E-state index in [1.807, 2.05) is 0 Å². The molecule has 0 radical (unpaired) electrons. The molecular weight excluding hydrogens is 235 g/mol. The maximum Gasteiger partial charge on any atom is 0.250 e. The van der Waals surface area contributed by atoms with E-state index in [0.29, 0.717) is 6.54 Å². The molecule has 0 spiro atoms. The Bertz CT molecular complexity index is 542. The van der Waals surface area contributed by atoms with Gasteiger partial charge in [0.1, 0.15) is 0 Å². The molecule has 1 heterocycles. The molecule has 1 N–H and O–H groups in total. The second-order valence-corrected chi connectivity index (χ2v) is 3.25. The van der Waals surface area contributed by atoms with E-state index in [4.69, 9.17) is 4.42 Å². The molecule has 2 rings (SSSR count). The van der Waals surface area contributed by atoms with Gasteiger partial charge >= 0.3 is 0 Å². The molecular formula is C10H8F3N3O. The second-order valence-electron chi connectivity index (χ2n) is 3.25. The van der Waals surface area contributed by atoms with Gasteiger partial charge in [0, 0.05) is 0 Å². The zero-order valence-electron chi connectivity index (χ0n) is 8.80. The predicted molar refractivity (Wildman–Crippen MR) is 52.4 cm³/mol. The number of halogens is 3. The number of nitrogens with zero attached hydrogens (tertiary/aromatic N) is 2. The van der Waals surface area contributed by atoms with Gasteiger partial charge in [-0.2, -0.15) is 0 Å². The van der Waals surface area contributed by atoms with Gasteiger partial charge in [0.2, 0.25) is 5.89 Å². The third-order valence-electron chi connectivity index (χ3n) is 2.06. The average Bonchev–Trinajstić information content (AvgIpc) is 2.75. The number of nitrogens with one attached hydrogen (secondary N) is 1. The van der Waals surface area contributed by atoms with E-state index in [1.54, 1.807) is 7.05 Å². The fourth-order valence-corrected chi connectivity index (χ4v) is 1.28. The van der Waals surface area contributed by atoms with E-state index in [2.05, 4.69) is 15.5 Å². The molecule has 0 saturated heterocycles. The van der Waals surface area contributed by atoms with Gasteiger partial charge in [0.25, 0.3) is 5.89 Å². The van der Waals surface area contributed by atoms with Gasteiger partial charge < -0.3 is 9.73 Å². The Kier molecular flexibility index (Phi) is 3.10. The summed E-state index contributed by atoms with van der Waals surface area (Å²) in [7, 11) is 1.67. The summed E-state index contributed by atoms with van der Waals surface area (Å²) < 4.78 is 44.1. The van der Waals surface area contributed by atoms with Crippen LogP contribution in [0.1, 0.15) is 5.89 Å². The highest BCUT2D eigenvalue weighted by atomic mass is 19.2. The SMILES string of the molecule is CNCc1nnc(-c2ccc(F)c(F)c2F)o1. The minimum atomic E-state index is -1.56. The largest absolute Gasteiger partial charge is 0.419 e. The third-order valence-corrected chi connectivity index (χ3v) is 2.06. The Morgan fingerprint density at radius 3 is 2.65 bits per heavy atom. The van der Waals surface area contributed by atoms with Crippen LogP contribution in [-0.4, -0.2) is 17.2 Å². The van der Waals surface area contributed by atoms with Crippen LogP contribution in [0.2, 0.25) is 0 Å². The first kappa shape index (κ1) is 11.6. The van der Waals surface area contributed by atoms with Gasteiger partial charge in [-0.3, -0.25) is 0 Å².